The van der Waals surface area contributed by atoms with Crippen LogP contribution in [0.4, 0.5) is 4.39 Å². The third kappa shape index (κ3) is 2.98. The van der Waals surface area contributed by atoms with E-state index in [0.29, 0.717) is 29.5 Å². The molecule has 1 atom stereocenters. The van der Waals surface area contributed by atoms with E-state index < -0.39 is 0 Å². The molecular formula is C10H13ClFN. The smallest absolute Gasteiger partial charge is 0.127 e. The second-order valence-corrected chi connectivity index (χ2v) is 3.72. The van der Waals surface area contributed by atoms with Crippen molar-refractivity contribution >= 4 is 11.6 Å². The molecule has 0 aliphatic heterocycles. The topological polar surface area (TPSA) is 26.0 Å². The minimum atomic E-state index is -0.243. The monoisotopic (exact) mass is 201 g/mol. The van der Waals surface area contributed by atoms with E-state index in [2.05, 4.69) is 0 Å². The highest BCUT2D eigenvalue weighted by Crippen LogP contribution is 2.17. The van der Waals surface area contributed by atoms with E-state index in [0.717, 1.165) is 0 Å². The SMILES string of the molecule is CC(CN)Cc1ccc(Cl)cc1F. The van der Waals surface area contributed by atoms with E-state index in [1.807, 2.05) is 6.92 Å². The van der Waals surface area contributed by atoms with Gasteiger partial charge in [-0.1, -0.05) is 24.6 Å². The maximum absolute atomic E-state index is 13.2. The lowest BCUT2D eigenvalue weighted by Crippen LogP contribution is -2.13. The van der Waals surface area contributed by atoms with Crippen molar-refractivity contribution in [2.45, 2.75) is 13.3 Å². The highest BCUT2D eigenvalue weighted by molar-refractivity contribution is 6.30. The molecule has 1 aromatic carbocycles. The molecule has 1 aromatic rings. The summed E-state index contributed by atoms with van der Waals surface area (Å²) in [4.78, 5) is 0. The van der Waals surface area contributed by atoms with Crippen LogP contribution < -0.4 is 5.73 Å². The Morgan fingerprint density at radius 1 is 1.54 bits per heavy atom. The number of rotatable bonds is 3. The molecule has 1 nitrogen and oxygen atoms in total. The van der Waals surface area contributed by atoms with Crippen LogP contribution in [-0.4, -0.2) is 6.54 Å². The Balaban J connectivity index is 2.77. The molecule has 3 heteroatoms. The minimum Gasteiger partial charge on any atom is -0.330 e. The van der Waals surface area contributed by atoms with E-state index in [9.17, 15) is 4.39 Å². The summed E-state index contributed by atoms with van der Waals surface area (Å²) in [7, 11) is 0. The molecule has 72 valence electrons. The van der Waals surface area contributed by atoms with Gasteiger partial charge >= 0.3 is 0 Å². The van der Waals surface area contributed by atoms with Crippen LogP contribution in [0.5, 0.6) is 0 Å². The molecular weight excluding hydrogens is 189 g/mol. The Morgan fingerprint density at radius 3 is 2.77 bits per heavy atom. The van der Waals surface area contributed by atoms with Gasteiger partial charge in [-0.25, -0.2) is 4.39 Å². The average Bonchev–Trinajstić information content (AvgIpc) is 2.09. The van der Waals surface area contributed by atoms with Crippen molar-refractivity contribution in [3.05, 3.63) is 34.6 Å². The lowest BCUT2D eigenvalue weighted by atomic mass is 10.0. The fraction of sp³-hybridized carbons (Fsp3) is 0.400. The standard InChI is InChI=1S/C10H13ClFN/c1-7(6-13)4-8-2-3-9(11)5-10(8)12/h2-3,5,7H,4,6,13H2,1H3. The van der Waals surface area contributed by atoms with Gasteiger partial charge in [-0.2, -0.15) is 0 Å². The third-order valence-electron chi connectivity index (χ3n) is 1.99. The third-order valence-corrected chi connectivity index (χ3v) is 2.22. The Morgan fingerprint density at radius 2 is 2.23 bits per heavy atom. The predicted octanol–water partition coefficient (Wildman–Crippen LogP) is 2.62. The maximum atomic E-state index is 13.2. The van der Waals surface area contributed by atoms with E-state index >= 15 is 0 Å². The summed E-state index contributed by atoms with van der Waals surface area (Å²) in [5.41, 5.74) is 6.13. The summed E-state index contributed by atoms with van der Waals surface area (Å²) in [6, 6.07) is 4.74. The van der Waals surface area contributed by atoms with Gasteiger partial charge in [-0.15, -0.1) is 0 Å². The first-order valence-electron chi connectivity index (χ1n) is 4.27. The minimum absolute atomic E-state index is 0.243. The van der Waals surface area contributed by atoms with Crippen molar-refractivity contribution in [2.75, 3.05) is 6.54 Å². The lowest BCUT2D eigenvalue weighted by Gasteiger charge is -2.08. The quantitative estimate of drug-likeness (QED) is 0.800. The summed E-state index contributed by atoms with van der Waals surface area (Å²) in [5.74, 6) is 0.0588. The van der Waals surface area contributed by atoms with Crippen LogP contribution in [0.2, 0.25) is 5.02 Å². The molecule has 1 rings (SSSR count). The zero-order valence-electron chi connectivity index (χ0n) is 7.56. The van der Waals surface area contributed by atoms with Gasteiger partial charge in [-0.05, 0) is 36.6 Å². The molecule has 0 aromatic heterocycles. The van der Waals surface area contributed by atoms with Crippen molar-refractivity contribution in [3.8, 4) is 0 Å². The summed E-state index contributed by atoms with van der Waals surface area (Å²) >= 11 is 5.62. The zero-order valence-corrected chi connectivity index (χ0v) is 8.31. The van der Waals surface area contributed by atoms with Gasteiger partial charge in [-0.3, -0.25) is 0 Å². The second kappa shape index (κ2) is 4.58. The normalized spacial score (nSPS) is 12.9. The van der Waals surface area contributed by atoms with Gasteiger partial charge in [0, 0.05) is 5.02 Å². The Hall–Kier alpha value is -0.600. The zero-order chi connectivity index (χ0) is 9.84. The first-order chi connectivity index (χ1) is 6.13. The van der Waals surface area contributed by atoms with E-state index in [4.69, 9.17) is 17.3 Å². The molecule has 13 heavy (non-hydrogen) atoms. The van der Waals surface area contributed by atoms with Crippen LogP contribution in [0.1, 0.15) is 12.5 Å². The van der Waals surface area contributed by atoms with Crippen LogP contribution in [0.15, 0.2) is 18.2 Å². The molecule has 0 bridgehead atoms. The van der Waals surface area contributed by atoms with Gasteiger partial charge in [0.25, 0.3) is 0 Å². The number of halogens is 2. The van der Waals surface area contributed by atoms with Crippen molar-refractivity contribution < 1.29 is 4.39 Å². The predicted molar refractivity (Wildman–Crippen MR) is 53.3 cm³/mol. The van der Waals surface area contributed by atoms with Crippen molar-refractivity contribution in [2.24, 2.45) is 11.7 Å². The van der Waals surface area contributed by atoms with Crippen molar-refractivity contribution in [1.82, 2.24) is 0 Å². The van der Waals surface area contributed by atoms with Crippen LogP contribution in [0, 0.1) is 11.7 Å². The van der Waals surface area contributed by atoms with E-state index in [1.165, 1.54) is 6.07 Å². The summed E-state index contributed by atoms with van der Waals surface area (Å²) in [5, 5.41) is 0.432. The van der Waals surface area contributed by atoms with Gasteiger partial charge in [0.2, 0.25) is 0 Å². The van der Waals surface area contributed by atoms with Crippen molar-refractivity contribution in [3.63, 3.8) is 0 Å². The largest absolute Gasteiger partial charge is 0.330 e. The first kappa shape index (κ1) is 10.5. The number of nitrogens with two attached hydrogens (primary N) is 1. The fourth-order valence-electron chi connectivity index (χ4n) is 1.15. The van der Waals surface area contributed by atoms with Gasteiger partial charge in [0.15, 0.2) is 0 Å². The molecule has 0 radical (unpaired) electrons. The summed E-state index contributed by atoms with van der Waals surface area (Å²) < 4.78 is 13.2. The second-order valence-electron chi connectivity index (χ2n) is 3.28. The highest BCUT2D eigenvalue weighted by Gasteiger charge is 2.06. The molecule has 0 fully saturated rings. The lowest BCUT2D eigenvalue weighted by molar-refractivity contribution is 0.552. The fourth-order valence-corrected chi connectivity index (χ4v) is 1.30. The summed E-state index contributed by atoms with van der Waals surface area (Å²) in [6.45, 7) is 2.57. The molecule has 0 amide bonds. The van der Waals surface area contributed by atoms with Crippen LogP contribution in [0.3, 0.4) is 0 Å². The average molecular weight is 202 g/mol. The van der Waals surface area contributed by atoms with E-state index in [1.54, 1.807) is 12.1 Å². The molecule has 0 aliphatic rings. The van der Waals surface area contributed by atoms with Gasteiger partial charge in [0.1, 0.15) is 5.82 Å². The Labute approximate surface area is 82.7 Å². The molecule has 0 saturated heterocycles. The molecule has 1 unspecified atom stereocenters. The van der Waals surface area contributed by atoms with Crippen molar-refractivity contribution in [1.29, 1.82) is 0 Å². The Bertz CT molecular complexity index is 288. The first-order valence-corrected chi connectivity index (χ1v) is 4.65. The molecule has 0 heterocycles. The van der Waals surface area contributed by atoms with Crippen LogP contribution in [0.25, 0.3) is 0 Å². The number of benzene rings is 1. The van der Waals surface area contributed by atoms with E-state index in [-0.39, 0.29) is 5.82 Å². The molecule has 0 spiro atoms. The Kier molecular flexibility index (Phi) is 3.70. The molecule has 0 aliphatic carbocycles. The summed E-state index contributed by atoms with van der Waals surface area (Å²) in [6.07, 6.45) is 0.666. The number of hydrogen-bond donors (Lipinski definition) is 1. The number of hydrogen-bond acceptors (Lipinski definition) is 1. The molecule has 2 N–H and O–H groups in total. The van der Waals surface area contributed by atoms with Crippen LogP contribution >= 0.6 is 11.6 Å². The van der Waals surface area contributed by atoms with Gasteiger partial charge in [0.05, 0.1) is 0 Å². The van der Waals surface area contributed by atoms with Gasteiger partial charge < -0.3 is 5.73 Å². The van der Waals surface area contributed by atoms with Crippen LogP contribution in [-0.2, 0) is 6.42 Å². The highest BCUT2D eigenvalue weighted by atomic mass is 35.5. The molecule has 0 saturated carbocycles. The maximum Gasteiger partial charge on any atom is 0.127 e.